The van der Waals surface area contributed by atoms with E-state index >= 15 is 0 Å². The van der Waals surface area contributed by atoms with Gasteiger partial charge in [-0.15, -0.1) is 0 Å². The number of hydrogen-bond donors (Lipinski definition) is 1. The molecule has 4 rings (SSSR count). The van der Waals surface area contributed by atoms with Crippen molar-refractivity contribution < 1.29 is 19.0 Å². The van der Waals surface area contributed by atoms with Crippen molar-refractivity contribution in [2.75, 3.05) is 53.6 Å². The van der Waals surface area contributed by atoms with E-state index in [9.17, 15) is 4.79 Å². The molecule has 0 unspecified atom stereocenters. The number of ether oxygens (including phenoxy) is 3. The van der Waals surface area contributed by atoms with Crippen LogP contribution in [0.5, 0.6) is 11.5 Å². The van der Waals surface area contributed by atoms with Gasteiger partial charge < -0.3 is 19.5 Å². The van der Waals surface area contributed by atoms with E-state index in [-0.39, 0.29) is 5.91 Å². The number of benzene rings is 2. The van der Waals surface area contributed by atoms with Gasteiger partial charge in [0.25, 0.3) is 0 Å². The zero-order chi connectivity index (χ0) is 23.8. The standard InChI is InChI=1S/C26H30N4O4/c1-32-23-10-8-20(18-24(23)33-2)26-21(19-30(28-26)22-6-4-3-5-7-22)9-11-25(31)27-12-13-29-14-16-34-17-15-29/h3-11,18-19H,12-17H2,1-2H3,(H,27,31). The van der Waals surface area contributed by atoms with Crippen LogP contribution in [0, 0.1) is 0 Å². The van der Waals surface area contributed by atoms with E-state index < -0.39 is 0 Å². The lowest BCUT2D eigenvalue weighted by Crippen LogP contribution is -2.41. The smallest absolute Gasteiger partial charge is 0.244 e. The van der Waals surface area contributed by atoms with Crippen molar-refractivity contribution >= 4 is 12.0 Å². The number of para-hydroxylation sites is 1. The van der Waals surface area contributed by atoms with Crippen molar-refractivity contribution in [2.24, 2.45) is 0 Å². The highest BCUT2D eigenvalue weighted by Gasteiger charge is 2.14. The Morgan fingerprint density at radius 2 is 1.85 bits per heavy atom. The number of aromatic nitrogens is 2. The average Bonchev–Trinajstić information content (AvgIpc) is 3.32. The van der Waals surface area contributed by atoms with Crippen LogP contribution in [0.25, 0.3) is 23.0 Å². The number of nitrogens with one attached hydrogen (secondary N) is 1. The Bertz CT molecular complexity index is 1120. The van der Waals surface area contributed by atoms with E-state index in [1.807, 2.05) is 59.4 Å². The SMILES string of the molecule is COc1ccc(-c2nn(-c3ccccc3)cc2C=CC(=O)NCCN2CCOCC2)cc1OC. The summed E-state index contributed by atoms with van der Waals surface area (Å²) < 4.78 is 18.0. The fourth-order valence-electron chi connectivity index (χ4n) is 3.82. The lowest BCUT2D eigenvalue weighted by atomic mass is 10.1. The second-order valence-corrected chi connectivity index (χ2v) is 7.86. The van der Waals surface area contributed by atoms with E-state index in [4.69, 9.17) is 19.3 Å². The molecule has 0 radical (unpaired) electrons. The third-order valence-electron chi connectivity index (χ3n) is 5.67. The summed E-state index contributed by atoms with van der Waals surface area (Å²) in [5, 5.41) is 7.76. The average molecular weight is 463 g/mol. The summed E-state index contributed by atoms with van der Waals surface area (Å²) in [4.78, 5) is 14.7. The van der Waals surface area contributed by atoms with Crippen molar-refractivity contribution in [3.8, 4) is 28.4 Å². The van der Waals surface area contributed by atoms with Crippen molar-refractivity contribution in [1.29, 1.82) is 0 Å². The Hall–Kier alpha value is -3.62. The molecule has 2 heterocycles. The maximum Gasteiger partial charge on any atom is 0.244 e. The van der Waals surface area contributed by atoms with Crippen LogP contribution >= 0.6 is 0 Å². The zero-order valence-corrected chi connectivity index (χ0v) is 19.6. The van der Waals surface area contributed by atoms with Gasteiger partial charge in [0.05, 0.1) is 33.1 Å². The van der Waals surface area contributed by atoms with Crippen LogP contribution in [0.4, 0.5) is 0 Å². The number of amides is 1. The largest absolute Gasteiger partial charge is 0.493 e. The molecule has 1 amide bonds. The summed E-state index contributed by atoms with van der Waals surface area (Å²) >= 11 is 0. The quantitative estimate of drug-likeness (QED) is 0.493. The van der Waals surface area contributed by atoms with Gasteiger partial charge in [-0.25, -0.2) is 4.68 Å². The Kier molecular flexibility index (Phi) is 7.95. The Morgan fingerprint density at radius 3 is 2.59 bits per heavy atom. The van der Waals surface area contributed by atoms with Crippen LogP contribution in [-0.4, -0.2) is 74.2 Å². The summed E-state index contributed by atoms with van der Waals surface area (Å²) in [5.41, 5.74) is 3.35. The van der Waals surface area contributed by atoms with Crippen molar-refractivity contribution in [3.63, 3.8) is 0 Å². The predicted molar refractivity (Wildman–Crippen MR) is 131 cm³/mol. The van der Waals surface area contributed by atoms with E-state index in [1.54, 1.807) is 26.4 Å². The molecule has 8 nitrogen and oxygen atoms in total. The van der Waals surface area contributed by atoms with Crippen LogP contribution < -0.4 is 14.8 Å². The second-order valence-electron chi connectivity index (χ2n) is 7.86. The second kappa shape index (κ2) is 11.5. The molecule has 1 aliphatic rings. The molecule has 0 spiro atoms. The fraction of sp³-hybridized carbons (Fsp3) is 0.308. The van der Waals surface area contributed by atoms with Crippen LogP contribution in [0.2, 0.25) is 0 Å². The topological polar surface area (TPSA) is 77.9 Å². The first kappa shape index (κ1) is 23.5. The summed E-state index contributed by atoms with van der Waals surface area (Å²) in [7, 11) is 3.21. The van der Waals surface area contributed by atoms with Gasteiger partial charge in [-0.05, 0) is 36.4 Å². The van der Waals surface area contributed by atoms with Crippen LogP contribution in [0.3, 0.4) is 0 Å². The first-order valence-corrected chi connectivity index (χ1v) is 11.3. The minimum atomic E-state index is -0.140. The highest BCUT2D eigenvalue weighted by Crippen LogP contribution is 2.33. The van der Waals surface area contributed by atoms with Gasteiger partial charge in [-0.1, -0.05) is 18.2 Å². The summed E-state index contributed by atoms with van der Waals surface area (Å²) in [5.74, 6) is 1.12. The van der Waals surface area contributed by atoms with Crippen LogP contribution in [0.1, 0.15) is 5.56 Å². The fourth-order valence-corrected chi connectivity index (χ4v) is 3.82. The Morgan fingerprint density at radius 1 is 1.09 bits per heavy atom. The summed E-state index contributed by atoms with van der Waals surface area (Å²) in [6.45, 7) is 4.70. The van der Waals surface area contributed by atoms with E-state index in [0.29, 0.717) is 18.0 Å². The molecule has 0 bridgehead atoms. The molecular formula is C26H30N4O4. The zero-order valence-electron chi connectivity index (χ0n) is 19.6. The number of carbonyl (C=O) groups excluding carboxylic acids is 1. The molecule has 1 N–H and O–H groups in total. The van der Waals surface area contributed by atoms with Crippen molar-refractivity contribution in [3.05, 3.63) is 66.4 Å². The molecule has 1 aliphatic heterocycles. The van der Waals surface area contributed by atoms with Gasteiger partial charge in [0.15, 0.2) is 11.5 Å². The highest BCUT2D eigenvalue weighted by atomic mass is 16.5. The van der Waals surface area contributed by atoms with E-state index in [1.165, 1.54) is 0 Å². The molecule has 1 aromatic heterocycles. The highest BCUT2D eigenvalue weighted by molar-refractivity contribution is 5.92. The van der Waals surface area contributed by atoms with Gasteiger partial charge in [-0.3, -0.25) is 9.69 Å². The lowest BCUT2D eigenvalue weighted by molar-refractivity contribution is -0.116. The molecule has 34 heavy (non-hydrogen) atoms. The van der Waals surface area contributed by atoms with Gasteiger partial charge in [0.1, 0.15) is 5.69 Å². The minimum Gasteiger partial charge on any atom is -0.493 e. The summed E-state index contributed by atoms with van der Waals surface area (Å²) in [6, 6.07) is 15.5. The normalized spacial score (nSPS) is 14.3. The third kappa shape index (κ3) is 5.84. The number of carbonyl (C=O) groups is 1. The summed E-state index contributed by atoms with van der Waals surface area (Å²) in [6.07, 6.45) is 5.26. The monoisotopic (exact) mass is 462 g/mol. The molecule has 1 saturated heterocycles. The van der Waals surface area contributed by atoms with Crippen molar-refractivity contribution in [2.45, 2.75) is 0 Å². The van der Waals surface area contributed by atoms with Crippen LogP contribution in [-0.2, 0) is 9.53 Å². The van der Waals surface area contributed by atoms with E-state index in [2.05, 4.69) is 10.2 Å². The van der Waals surface area contributed by atoms with Gasteiger partial charge in [-0.2, -0.15) is 5.10 Å². The first-order valence-electron chi connectivity index (χ1n) is 11.3. The lowest BCUT2D eigenvalue weighted by Gasteiger charge is -2.26. The Labute approximate surface area is 199 Å². The number of methoxy groups -OCH3 is 2. The molecule has 8 heteroatoms. The molecule has 2 aromatic carbocycles. The number of nitrogens with zero attached hydrogens (tertiary/aromatic N) is 3. The molecule has 3 aromatic rings. The van der Waals surface area contributed by atoms with Crippen molar-refractivity contribution in [1.82, 2.24) is 20.0 Å². The first-order chi connectivity index (χ1) is 16.7. The Balaban J connectivity index is 1.54. The predicted octanol–water partition coefficient (Wildman–Crippen LogP) is 3.02. The molecule has 0 saturated carbocycles. The minimum absolute atomic E-state index is 0.140. The number of rotatable bonds is 9. The van der Waals surface area contributed by atoms with Gasteiger partial charge in [0.2, 0.25) is 5.91 Å². The molecular weight excluding hydrogens is 432 g/mol. The molecule has 178 valence electrons. The van der Waals surface area contributed by atoms with Gasteiger partial charge in [0, 0.05) is 49.6 Å². The molecule has 1 fully saturated rings. The maximum atomic E-state index is 12.5. The molecule has 0 atom stereocenters. The molecule has 0 aliphatic carbocycles. The third-order valence-corrected chi connectivity index (χ3v) is 5.67. The van der Waals surface area contributed by atoms with Gasteiger partial charge >= 0.3 is 0 Å². The van der Waals surface area contributed by atoms with Crippen LogP contribution in [0.15, 0.2) is 60.8 Å². The number of morpholine rings is 1. The van der Waals surface area contributed by atoms with E-state index in [0.717, 1.165) is 55.4 Å². The number of hydrogen-bond acceptors (Lipinski definition) is 6. The maximum absolute atomic E-state index is 12.5.